The van der Waals surface area contributed by atoms with E-state index in [1.807, 2.05) is 26.8 Å². The van der Waals surface area contributed by atoms with Crippen molar-refractivity contribution < 1.29 is 10.2 Å². The maximum absolute atomic E-state index is 10.1. The van der Waals surface area contributed by atoms with E-state index in [0.717, 1.165) is 28.7 Å². The summed E-state index contributed by atoms with van der Waals surface area (Å²) in [6.07, 6.45) is 8.62. The maximum atomic E-state index is 10.1. The van der Waals surface area contributed by atoms with Crippen molar-refractivity contribution in [3.05, 3.63) is 28.3 Å². The maximum Gasteiger partial charge on any atom is 0.126 e. The fraction of sp³-hybridized carbons (Fsp3) is 0.500. The van der Waals surface area contributed by atoms with Crippen molar-refractivity contribution in [3.8, 4) is 11.5 Å². The van der Waals surface area contributed by atoms with Crippen molar-refractivity contribution in [2.45, 2.75) is 53.4 Å². The third kappa shape index (κ3) is 3.06. The lowest BCUT2D eigenvalue weighted by Crippen LogP contribution is -1.92. The zero-order valence-corrected chi connectivity index (χ0v) is 11.9. The van der Waals surface area contributed by atoms with Gasteiger partial charge in [-0.2, -0.15) is 0 Å². The summed E-state index contributed by atoms with van der Waals surface area (Å²) < 4.78 is 0. The van der Waals surface area contributed by atoms with Crippen LogP contribution in [0.15, 0.2) is 6.08 Å². The zero-order valence-electron chi connectivity index (χ0n) is 11.9. The Balaban J connectivity index is 2.96. The first-order chi connectivity index (χ1) is 8.50. The van der Waals surface area contributed by atoms with Crippen LogP contribution in [0, 0.1) is 20.8 Å². The first kappa shape index (κ1) is 14.6. The molecule has 0 heterocycles. The van der Waals surface area contributed by atoms with Gasteiger partial charge >= 0.3 is 0 Å². The molecule has 0 saturated carbocycles. The van der Waals surface area contributed by atoms with E-state index in [2.05, 4.69) is 13.0 Å². The van der Waals surface area contributed by atoms with Crippen LogP contribution in [0.25, 0.3) is 6.08 Å². The van der Waals surface area contributed by atoms with Crippen LogP contribution in [0.1, 0.15) is 54.9 Å². The highest BCUT2D eigenvalue weighted by molar-refractivity contribution is 5.68. The van der Waals surface area contributed by atoms with Gasteiger partial charge in [-0.25, -0.2) is 0 Å². The van der Waals surface area contributed by atoms with Crippen LogP contribution >= 0.6 is 0 Å². The van der Waals surface area contributed by atoms with E-state index in [9.17, 15) is 10.2 Å². The number of rotatable bonds is 5. The van der Waals surface area contributed by atoms with Crippen molar-refractivity contribution in [1.82, 2.24) is 0 Å². The average molecular weight is 248 g/mol. The average Bonchev–Trinajstić information content (AvgIpc) is 2.37. The van der Waals surface area contributed by atoms with E-state index in [0.29, 0.717) is 5.75 Å². The van der Waals surface area contributed by atoms with Gasteiger partial charge in [0.1, 0.15) is 11.5 Å². The fourth-order valence-corrected chi connectivity index (χ4v) is 2.06. The van der Waals surface area contributed by atoms with E-state index >= 15 is 0 Å². The summed E-state index contributed by atoms with van der Waals surface area (Å²) in [5, 5.41) is 20.1. The van der Waals surface area contributed by atoms with Crippen molar-refractivity contribution in [2.75, 3.05) is 0 Å². The van der Waals surface area contributed by atoms with Gasteiger partial charge in [-0.05, 0) is 44.7 Å². The minimum atomic E-state index is 0.287. The van der Waals surface area contributed by atoms with Crippen LogP contribution in [-0.2, 0) is 0 Å². The lowest BCUT2D eigenvalue weighted by molar-refractivity contribution is 0.448. The number of allylic oxidation sites excluding steroid dienone is 1. The first-order valence-corrected chi connectivity index (χ1v) is 6.68. The monoisotopic (exact) mass is 248 g/mol. The molecular weight excluding hydrogens is 224 g/mol. The van der Waals surface area contributed by atoms with Gasteiger partial charge < -0.3 is 10.2 Å². The molecule has 2 heteroatoms. The Bertz CT molecular complexity index is 416. The molecule has 0 aliphatic heterocycles. The number of phenols is 2. The molecule has 0 radical (unpaired) electrons. The minimum absolute atomic E-state index is 0.287. The highest BCUT2D eigenvalue weighted by Gasteiger charge is 2.13. The summed E-state index contributed by atoms with van der Waals surface area (Å²) in [5.74, 6) is 0.577. The first-order valence-electron chi connectivity index (χ1n) is 6.68. The largest absolute Gasteiger partial charge is 0.507 e. The van der Waals surface area contributed by atoms with Gasteiger partial charge in [0.2, 0.25) is 0 Å². The van der Waals surface area contributed by atoms with Gasteiger partial charge in [0.05, 0.1) is 0 Å². The molecule has 0 fully saturated rings. The van der Waals surface area contributed by atoms with Crippen LogP contribution in [0.2, 0.25) is 0 Å². The molecule has 0 aliphatic rings. The Hall–Kier alpha value is -1.44. The van der Waals surface area contributed by atoms with Gasteiger partial charge in [0, 0.05) is 11.1 Å². The molecule has 0 atom stereocenters. The smallest absolute Gasteiger partial charge is 0.126 e. The van der Waals surface area contributed by atoms with Crippen LogP contribution < -0.4 is 0 Å². The van der Waals surface area contributed by atoms with Crippen LogP contribution in [-0.4, -0.2) is 10.2 Å². The second-order valence-electron chi connectivity index (χ2n) is 4.88. The second kappa shape index (κ2) is 6.48. The molecule has 0 amide bonds. The molecule has 0 aromatic heterocycles. The number of benzene rings is 1. The molecule has 0 unspecified atom stereocenters. The number of aromatic hydroxyl groups is 2. The van der Waals surface area contributed by atoms with Crippen LogP contribution in [0.5, 0.6) is 11.5 Å². The van der Waals surface area contributed by atoms with Crippen molar-refractivity contribution in [3.63, 3.8) is 0 Å². The topological polar surface area (TPSA) is 40.5 Å². The van der Waals surface area contributed by atoms with Gasteiger partial charge in [-0.3, -0.25) is 0 Å². The number of phenolic OH excluding ortho intramolecular Hbond substituents is 2. The molecule has 100 valence electrons. The molecule has 1 rings (SSSR count). The van der Waals surface area contributed by atoms with Gasteiger partial charge in [0.15, 0.2) is 0 Å². The SMILES string of the molecule is CCCCC/C=C/c1c(C)c(O)c(C)c(C)c1O. The Morgan fingerprint density at radius 3 is 2.11 bits per heavy atom. The van der Waals surface area contributed by atoms with Crippen molar-refractivity contribution >= 4 is 6.08 Å². The molecule has 2 N–H and O–H groups in total. The van der Waals surface area contributed by atoms with E-state index < -0.39 is 0 Å². The Morgan fingerprint density at radius 1 is 0.889 bits per heavy atom. The van der Waals surface area contributed by atoms with E-state index in [1.165, 1.54) is 19.3 Å². The Morgan fingerprint density at radius 2 is 1.50 bits per heavy atom. The summed E-state index contributed by atoms with van der Waals surface area (Å²) in [5.41, 5.74) is 3.01. The number of unbranched alkanes of at least 4 members (excludes halogenated alkanes) is 3. The minimum Gasteiger partial charge on any atom is -0.507 e. The normalized spacial score (nSPS) is 11.3. The quantitative estimate of drug-likeness (QED) is 0.589. The molecular formula is C16H24O2. The summed E-state index contributed by atoms with van der Waals surface area (Å²) >= 11 is 0. The third-order valence-electron chi connectivity index (χ3n) is 3.55. The Kier molecular flexibility index (Phi) is 5.26. The van der Waals surface area contributed by atoms with Gasteiger partial charge in [-0.15, -0.1) is 0 Å². The second-order valence-corrected chi connectivity index (χ2v) is 4.88. The molecule has 18 heavy (non-hydrogen) atoms. The molecule has 2 nitrogen and oxygen atoms in total. The third-order valence-corrected chi connectivity index (χ3v) is 3.55. The van der Waals surface area contributed by atoms with E-state index in [1.54, 1.807) is 0 Å². The number of hydrogen-bond acceptors (Lipinski definition) is 2. The Labute approximate surface area is 110 Å². The van der Waals surface area contributed by atoms with Crippen LogP contribution in [0.4, 0.5) is 0 Å². The summed E-state index contributed by atoms with van der Waals surface area (Å²) in [7, 11) is 0. The molecule has 1 aromatic carbocycles. The molecule has 0 saturated heterocycles. The van der Waals surface area contributed by atoms with Gasteiger partial charge in [0.25, 0.3) is 0 Å². The summed E-state index contributed by atoms with van der Waals surface area (Å²) in [6, 6.07) is 0. The van der Waals surface area contributed by atoms with Crippen molar-refractivity contribution in [2.24, 2.45) is 0 Å². The molecule has 0 bridgehead atoms. The number of hydrogen-bond donors (Lipinski definition) is 2. The predicted octanol–water partition coefficient (Wildman–Crippen LogP) is 4.62. The van der Waals surface area contributed by atoms with E-state index in [-0.39, 0.29) is 5.75 Å². The fourth-order valence-electron chi connectivity index (χ4n) is 2.06. The highest BCUT2D eigenvalue weighted by Crippen LogP contribution is 2.36. The lowest BCUT2D eigenvalue weighted by Gasteiger charge is -2.13. The molecule has 0 aliphatic carbocycles. The van der Waals surface area contributed by atoms with Gasteiger partial charge in [-0.1, -0.05) is 31.9 Å². The van der Waals surface area contributed by atoms with E-state index in [4.69, 9.17) is 0 Å². The highest BCUT2D eigenvalue weighted by atomic mass is 16.3. The standard InChI is InChI=1S/C16H24O2/c1-5-6-7-8-9-10-14-13(4)15(17)11(2)12(3)16(14)18/h9-10,17-18H,5-8H2,1-4H3/b10-9+. The van der Waals surface area contributed by atoms with Crippen molar-refractivity contribution in [1.29, 1.82) is 0 Å². The summed E-state index contributed by atoms with van der Waals surface area (Å²) in [4.78, 5) is 0. The summed E-state index contributed by atoms with van der Waals surface area (Å²) in [6.45, 7) is 7.68. The molecule has 1 aromatic rings. The predicted molar refractivity (Wildman–Crippen MR) is 77.2 cm³/mol. The zero-order chi connectivity index (χ0) is 13.7. The lowest BCUT2D eigenvalue weighted by atomic mass is 9.97. The van der Waals surface area contributed by atoms with Crippen LogP contribution in [0.3, 0.4) is 0 Å². The molecule has 0 spiro atoms.